The van der Waals surface area contributed by atoms with Gasteiger partial charge in [-0.1, -0.05) is 39.8 Å². The van der Waals surface area contributed by atoms with E-state index in [0.29, 0.717) is 0 Å². The van der Waals surface area contributed by atoms with E-state index in [1.807, 2.05) is 0 Å². The van der Waals surface area contributed by atoms with E-state index in [4.69, 9.17) is 4.74 Å². The fourth-order valence-corrected chi connectivity index (χ4v) is 2.14. The molecule has 1 aliphatic rings. The number of rotatable bonds is 4. The minimum Gasteiger partial charge on any atom is -0.485 e. The largest absolute Gasteiger partial charge is 0.485 e. The molecule has 100 valence electrons. The van der Waals surface area contributed by atoms with E-state index in [1.165, 1.54) is 11.1 Å². The van der Waals surface area contributed by atoms with Crippen molar-refractivity contribution in [2.75, 3.05) is 6.61 Å². The Balaban J connectivity index is 2.34. The molecule has 2 heteroatoms. The van der Waals surface area contributed by atoms with Gasteiger partial charge in [-0.25, -0.2) is 0 Å². The number of aryl methyl sites for hydroxylation is 1. The van der Waals surface area contributed by atoms with Gasteiger partial charge in [-0.05, 0) is 41.9 Å². The average Bonchev–Trinajstić information content (AvgIpc) is 3.09. The van der Waals surface area contributed by atoms with Crippen LogP contribution in [0.25, 0.3) is 0 Å². The van der Waals surface area contributed by atoms with Crippen molar-refractivity contribution in [2.24, 2.45) is 0 Å². The Kier molecular flexibility index (Phi) is 3.41. The molecule has 0 radical (unpaired) electrons. The molecule has 2 rings (SSSR count). The third-order valence-corrected chi connectivity index (χ3v) is 3.68. The predicted octanol–water partition coefficient (Wildman–Crippen LogP) is 3.45. The quantitative estimate of drug-likeness (QED) is 0.884. The highest BCUT2D eigenvalue weighted by Gasteiger charge is 2.45. The van der Waals surface area contributed by atoms with Gasteiger partial charge in [-0.3, -0.25) is 0 Å². The summed E-state index contributed by atoms with van der Waals surface area (Å²) in [5.74, 6) is 0.936. The normalized spacial score (nSPS) is 17.6. The van der Waals surface area contributed by atoms with E-state index in [0.717, 1.165) is 25.0 Å². The number of ether oxygens (including phenoxy) is 1. The van der Waals surface area contributed by atoms with Crippen molar-refractivity contribution in [3.63, 3.8) is 0 Å². The van der Waals surface area contributed by atoms with Crippen molar-refractivity contribution in [1.82, 2.24) is 0 Å². The van der Waals surface area contributed by atoms with Crippen LogP contribution in [0.5, 0.6) is 5.75 Å². The molecule has 0 spiro atoms. The van der Waals surface area contributed by atoms with Crippen LogP contribution in [-0.2, 0) is 11.8 Å². The van der Waals surface area contributed by atoms with Crippen molar-refractivity contribution < 1.29 is 9.84 Å². The maximum absolute atomic E-state index is 9.39. The summed E-state index contributed by atoms with van der Waals surface area (Å²) < 4.78 is 6.07. The van der Waals surface area contributed by atoms with Crippen LogP contribution in [0.3, 0.4) is 0 Å². The lowest BCUT2D eigenvalue weighted by Gasteiger charge is -2.26. The van der Waals surface area contributed by atoms with Crippen LogP contribution < -0.4 is 4.74 Å². The van der Waals surface area contributed by atoms with Crippen LogP contribution in [0.15, 0.2) is 18.2 Å². The van der Waals surface area contributed by atoms with Crippen molar-refractivity contribution in [3.05, 3.63) is 29.3 Å². The van der Waals surface area contributed by atoms with Gasteiger partial charge in [0.15, 0.2) is 0 Å². The molecule has 1 aromatic rings. The van der Waals surface area contributed by atoms with Crippen molar-refractivity contribution in [2.45, 2.75) is 58.0 Å². The summed E-state index contributed by atoms with van der Waals surface area (Å²) in [4.78, 5) is 0. The maximum Gasteiger partial charge on any atom is 0.132 e. The third kappa shape index (κ3) is 2.69. The van der Waals surface area contributed by atoms with Gasteiger partial charge in [-0.2, -0.15) is 0 Å². The molecule has 0 bridgehead atoms. The van der Waals surface area contributed by atoms with Gasteiger partial charge < -0.3 is 9.84 Å². The molecular weight excluding hydrogens is 224 g/mol. The first-order valence-corrected chi connectivity index (χ1v) is 6.83. The maximum atomic E-state index is 9.39. The molecule has 1 saturated carbocycles. The molecule has 0 saturated heterocycles. The Bertz CT molecular complexity index is 425. The molecule has 0 aliphatic heterocycles. The van der Waals surface area contributed by atoms with Gasteiger partial charge in [0.1, 0.15) is 11.4 Å². The van der Waals surface area contributed by atoms with Gasteiger partial charge in [0.2, 0.25) is 0 Å². The lowest BCUT2D eigenvalue weighted by Crippen LogP contribution is -2.25. The fourth-order valence-electron chi connectivity index (χ4n) is 2.14. The summed E-state index contributed by atoms with van der Waals surface area (Å²) in [5, 5.41) is 9.39. The number of hydrogen-bond donors (Lipinski definition) is 1. The summed E-state index contributed by atoms with van der Waals surface area (Å²) in [6.07, 6.45) is 2.96. The summed E-state index contributed by atoms with van der Waals surface area (Å²) in [6, 6.07) is 6.43. The van der Waals surface area contributed by atoms with Crippen molar-refractivity contribution >= 4 is 0 Å². The molecule has 2 nitrogen and oxygen atoms in total. The van der Waals surface area contributed by atoms with Gasteiger partial charge in [0.25, 0.3) is 0 Å². The molecular formula is C16H24O2. The minimum absolute atomic E-state index is 0.0616. The third-order valence-electron chi connectivity index (χ3n) is 3.68. The molecule has 0 amide bonds. The molecule has 0 unspecified atom stereocenters. The van der Waals surface area contributed by atoms with Crippen molar-refractivity contribution in [1.29, 1.82) is 0 Å². The zero-order valence-corrected chi connectivity index (χ0v) is 11.9. The standard InChI is InChI=1S/C16H24O2/c1-5-12-6-7-14(13(10-12)15(2,3)4)18-16(11-17)8-9-16/h6-7,10,17H,5,8-9,11H2,1-4H3. The van der Waals surface area contributed by atoms with E-state index >= 15 is 0 Å². The number of benzene rings is 1. The highest BCUT2D eigenvalue weighted by Crippen LogP contribution is 2.43. The first kappa shape index (κ1) is 13.4. The van der Waals surface area contributed by atoms with Crippen LogP contribution >= 0.6 is 0 Å². The lowest BCUT2D eigenvalue weighted by molar-refractivity contribution is 0.0934. The van der Waals surface area contributed by atoms with E-state index in [1.54, 1.807) is 0 Å². The zero-order chi connectivity index (χ0) is 13.4. The SMILES string of the molecule is CCc1ccc(OC2(CO)CC2)c(C(C)(C)C)c1. The monoisotopic (exact) mass is 248 g/mol. The molecule has 1 aliphatic carbocycles. The molecule has 0 atom stereocenters. The van der Waals surface area contributed by atoms with E-state index in [-0.39, 0.29) is 17.6 Å². The molecule has 1 N–H and O–H groups in total. The summed E-state index contributed by atoms with van der Waals surface area (Å²) in [5.41, 5.74) is 2.34. The molecule has 1 fully saturated rings. The van der Waals surface area contributed by atoms with Gasteiger partial charge >= 0.3 is 0 Å². The second kappa shape index (κ2) is 4.58. The average molecular weight is 248 g/mol. The Morgan fingerprint density at radius 3 is 2.39 bits per heavy atom. The first-order chi connectivity index (χ1) is 8.40. The number of aliphatic hydroxyl groups excluding tert-OH is 1. The van der Waals surface area contributed by atoms with Gasteiger partial charge in [-0.15, -0.1) is 0 Å². The fraction of sp³-hybridized carbons (Fsp3) is 0.625. The van der Waals surface area contributed by atoms with Crippen LogP contribution in [0.1, 0.15) is 51.7 Å². The smallest absolute Gasteiger partial charge is 0.132 e. The van der Waals surface area contributed by atoms with Gasteiger partial charge in [0, 0.05) is 0 Å². The molecule has 0 heterocycles. The molecule has 18 heavy (non-hydrogen) atoms. The predicted molar refractivity (Wildman–Crippen MR) is 74.2 cm³/mol. The van der Waals surface area contributed by atoms with Crippen LogP contribution in [0.4, 0.5) is 0 Å². The second-order valence-corrected chi connectivity index (χ2v) is 6.38. The lowest BCUT2D eigenvalue weighted by atomic mass is 9.85. The van der Waals surface area contributed by atoms with Gasteiger partial charge in [0.05, 0.1) is 6.61 Å². The topological polar surface area (TPSA) is 29.5 Å². The Hall–Kier alpha value is -1.02. The van der Waals surface area contributed by atoms with E-state index < -0.39 is 0 Å². The first-order valence-electron chi connectivity index (χ1n) is 6.83. The Morgan fingerprint density at radius 1 is 1.28 bits per heavy atom. The highest BCUT2D eigenvalue weighted by molar-refractivity contribution is 5.42. The molecule has 0 aromatic heterocycles. The summed E-state index contributed by atoms with van der Waals surface area (Å²) >= 11 is 0. The number of hydrogen-bond acceptors (Lipinski definition) is 2. The summed E-state index contributed by atoms with van der Waals surface area (Å²) in [7, 11) is 0. The van der Waals surface area contributed by atoms with Crippen LogP contribution in [-0.4, -0.2) is 17.3 Å². The second-order valence-electron chi connectivity index (χ2n) is 6.38. The van der Waals surface area contributed by atoms with E-state index in [9.17, 15) is 5.11 Å². The van der Waals surface area contributed by atoms with Crippen molar-refractivity contribution in [3.8, 4) is 5.75 Å². The Morgan fingerprint density at radius 2 is 1.94 bits per heavy atom. The minimum atomic E-state index is -0.298. The van der Waals surface area contributed by atoms with Crippen LogP contribution in [0, 0.1) is 0 Å². The Labute approximate surface area is 110 Å². The highest BCUT2D eigenvalue weighted by atomic mass is 16.5. The summed E-state index contributed by atoms with van der Waals surface area (Å²) in [6.45, 7) is 8.89. The number of aliphatic hydroxyl groups is 1. The van der Waals surface area contributed by atoms with E-state index in [2.05, 4.69) is 45.9 Å². The molecule has 1 aromatic carbocycles. The van der Waals surface area contributed by atoms with Crippen LogP contribution in [0.2, 0.25) is 0 Å². The zero-order valence-electron chi connectivity index (χ0n) is 11.9.